The molecule has 0 fully saturated rings. The van der Waals surface area contributed by atoms with Gasteiger partial charge in [0.15, 0.2) is 20.4 Å². The number of rotatable bonds is 5. The highest BCUT2D eigenvalue weighted by Crippen LogP contribution is 2.33. The van der Waals surface area contributed by atoms with Gasteiger partial charge in [0, 0.05) is 3.57 Å². The van der Waals surface area contributed by atoms with Crippen molar-refractivity contribution < 1.29 is 9.53 Å². The van der Waals surface area contributed by atoms with Gasteiger partial charge in [-0.05, 0) is 142 Å². The fraction of sp³-hybridized carbons (Fsp3) is 0.0741. The van der Waals surface area contributed by atoms with Gasteiger partial charge in [-0.1, -0.05) is 35.4 Å². The molecule has 0 aliphatic heterocycles. The Morgan fingerprint density at radius 2 is 1.06 bits per heavy atom. The van der Waals surface area contributed by atoms with Crippen LogP contribution in [0.2, 0.25) is 0 Å². The monoisotopic (exact) mass is 789 g/mol. The zero-order valence-electron chi connectivity index (χ0n) is 17.9. The molecule has 0 aliphatic rings. The normalized spacial score (nSPS) is 11.0. The van der Waals surface area contributed by atoms with Crippen LogP contribution in [0.5, 0.6) is 5.75 Å². The van der Waals surface area contributed by atoms with Gasteiger partial charge in [-0.25, -0.2) is 4.79 Å². The van der Waals surface area contributed by atoms with Crippen molar-refractivity contribution in [1.29, 1.82) is 0 Å². The largest absolute Gasteiger partial charge is 0.421 e. The van der Waals surface area contributed by atoms with Gasteiger partial charge < -0.3 is 4.74 Å². The molecule has 6 heteroatoms. The van der Waals surface area contributed by atoms with Crippen molar-refractivity contribution >= 4 is 84.6 Å². The first-order valence-corrected chi connectivity index (χ1v) is 14.6. The molecule has 0 spiro atoms. The standard InChI is InChI=1S/C27H20I3O2S/c1-17-3-9-21(10-4-17)33(22-11-5-18(2)6-12-22)23-13-7-19(8-14-23)27(31)32-26-24(29)15-20(28)16-25(26)30/h3-16H,1-2H3/q+1. The van der Waals surface area contributed by atoms with E-state index in [9.17, 15) is 4.79 Å². The lowest BCUT2D eigenvalue weighted by atomic mass is 10.2. The molecule has 0 bridgehead atoms. The summed E-state index contributed by atoms with van der Waals surface area (Å²) in [6, 6.07) is 29.2. The summed E-state index contributed by atoms with van der Waals surface area (Å²) in [4.78, 5) is 16.5. The maximum atomic E-state index is 12.9. The fourth-order valence-electron chi connectivity index (χ4n) is 3.26. The minimum atomic E-state index is -0.343. The molecule has 4 rings (SSSR count). The van der Waals surface area contributed by atoms with Crippen LogP contribution in [0, 0.1) is 24.6 Å². The molecule has 4 aromatic carbocycles. The number of ether oxygens (including phenoxy) is 1. The lowest BCUT2D eigenvalue weighted by Crippen LogP contribution is -2.11. The van der Waals surface area contributed by atoms with E-state index in [1.807, 2.05) is 36.4 Å². The SMILES string of the molecule is Cc1ccc([S+](c2ccc(C)cc2)c2ccc(C(=O)Oc3c(I)cc(I)cc3I)cc2)cc1. The van der Waals surface area contributed by atoms with Gasteiger partial charge in [0.05, 0.1) is 23.6 Å². The molecule has 33 heavy (non-hydrogen) atoms. The maximum Gasteiger partial charge on any atom is 0.343 e. The van der Waals surface area contributed by atoms with Crippen molar-refractivity contribution in [2.24, 2.45) is 0 Å². The molecule has 0 saturated carbocycles. The van der Waals surface area contributed by atoms with Crippen LogP contribution >= 0.6 is 67.8 Å². The molecule has 4 aromatic rings. The van der Waals surface area contributed by atoms with Crippen LogP contribution in [-0.2, 0) is 10.9 Å². The topological polar surface area (TPSA) is 26.3 Å². The van der Waals surface area contributed by atoms with Gasteiger partial charge in [-0.15, -0.1) is 0 Å². The number of carbonyl (C=O) groups is 1. The van der Waals surface area contributed by atoms with Crippen molar-refractivity contribution in [3.63, 3.8) is 0 Å². The van der Waals surface area contributed by atoms with E-state index in [-0.39, 0.29) is 16.9 Å². The quantitative estimate of drug-likeness (QED) is 0.0879. The second kappa shape index (κ2) is 11.1. The second-order valence-electron chi connectivity index (χ2n) is 7.54. The Morgan fingerprint density at radius 3 is 1.48 bits per heavy atom. The van der Waals surface area contributed by atoms with Gasteiger partial charge in [0.2, 0.25) is 0 Å². The predicted octanol–water partition coefficient (Wildman–Crippen LogP) is 8.43. The Morgan fingerprint density at radius 1 is 0.667 bits per heavy atom. The van der Waals surface area contributed by atoms with Crippen molar-refractivity contribution in [3.05, 3.63) is 112 Å². The molecule has 0 amide bonds. The Balaban J connectivity index is 1.64. The summed E-state index contributed by atoms with van der Waals surface area (Å²) in [5.41, 5.74) is 3.02. The van der Waals surface area contributed by atoms with Crippen molar-refractivity contribution in [1.82, 2.24) is 0 Å². The molecule has 0 heterocycles. The predicted molar refractivity (Wildman–Crippen MR) is 161 cm³/mol. The molecule has 0 aromatic heterocycles. The lowest BCUT2D eigenvalue weighted by Gasteiger charge is -2.11. The van der Waals surface area contributed by atoms with Crippen molar-refractivity contribution in [2.45, 2.75) is 28.5 Å². The molecular formula is C27H20I3O2S+. The van der Waals surface area contributed by atoms with E-state index in [0.717, 1.165) is 15.6 Å². The van der Waals surface area contributed by atoms with Gasteiger partial charge in [0.25, 0.3) is 0 Å². The van der Waals surface area contributed by atoms with E-state index >= 15 is 0 Å². The molecule has 166 valence electrons. The molecule has 0 radical (unpaired) electrons. The van der Waals surface area contributed by atoms with E-state index in [1.54, 1.807) is 0 Å². The number of carbonyl (C=O) groups excluding carboxylic acids is 1. The van der Waals surface area contributed by atoms with Crippen LogP contribution in [0.1, 0.15) is 21.5 Å². The molecule has 2 nitrogen and oxygen atoms in total. The zero-order chi connectivity index (χ0) is 23.5. The third-order valence-corrected chi connectivity index (χ3v) is 9.45. The van der Waals surface area contributed by atoms with Crippen LogP contribution in [0.25, 0.3) is 0 Å². The van der Waals surface area contributed by atoms with Gasteiger partial charge in [0.1, 0.15) is 0 Å². The first kappa shape index (κ1) is 25.0. The Kier molecular flexibility index (Phi) is 8.40. The molecule has 0 atom stereocenters. The first-order chi connectivity index (χ1) is 15.8. The Bertz CT molecular complexity index is 1220. The van der Waals surface area contributed by atoms with E-state index in [1.165, 1.54) is 20.9 Å². The first-order valence-electron chi connectivity index (χ1n) is 10.2. The molecule has 0 N–H and O–H groups in total. The third kappa shape index (κ3) is 6.12. The summed E-state index contributed by atoms with van der Waals surface area (Å²) in [5, 5.41) is 0. The van der Waals surface area contributed by atoms with Crippen LogP contribution in [-0.4, -0.2) is 5.97 Å². The van der Waals surface area contributed by atoms with Crippen LogP contribution in [0.3, 0.4) is 0 Å². The zero-order valence-corrected chi connectivity index (χ0v) is 25.2. The molecule has 0 saturated heterocycles. The van der Waals surface area contributed by atoms with Crippen molar-refractivity contribution in [3.8, 4) is 5.75 Å². The highest BCUT2D eigenvalue weighted by molar-refractivity contribution is 14.1. The van der Waals surface area contributed by atoms with Gasteiger partial charge in [-0.3, -0.25) is 0 Å². The lowest BCUT2D eigenvalue weighted by molar-refractivity contribution is 0.0732. The Labute approximate surface area is 238 Å². The van der Waals surface area contributed by atoms with E-state index in [0.29, 0.717) is 11.3 Å². The summed E-state index contributed by atoms with van der Waals surface area (Å²) < 4.78 is 8.72. The minimum Gasteiger partial charge on any atom is -0.421 e. The summed E-state index contributed by atoms with van der Waals surface area (Å²) in [6.45, 7) is 4.20. The number of esters is 1. The second-order valence-corrected chi connectivity index (χ2v) is 13.1. The average Bonchev–Trinajstić information content (AvgIpc) is 2.79. The van der Waals surface area contributed by atoms with Crippen LogP contribution in [0.15, 0.2) is 99.6 Å². The maximum absolute atomic E-state index is 12.9. The molecule has 0 aliphatic carbocycles. The van der Waals surface area contributed by atoms with Crippen LogP contribution in [0.4, 0.5) is 0 Å². The Hall–Kier alpha value is -1.11. The molecular weight excluding hydrogens is 769 g/mol. The summed E-state index contributed by atoms with van der Waals surface area (Å²) in [5.74, 6) is 0.272. The molecule has 0 unspecified atom stereocenters. The highest BCUT2D eigenvalue weighted by atomic mass is 127. The van der Waals surface area contributed by atoms with E-state index in [4.69, 9.17) is 4.74 Å². The van der Waals surface area contributed by atoms with Crippen molar-refractivity contribution in [2.75, 3.05) is 0 Å². The summed E-state index contributed by atoms with van der Waals surface area (Å²) in [7, 11) is -0.256. The number of benzene rings is 4. The van der Waals surface area contributed by atoms with Gasteiger partial charge >= 0.3 is 5.97 Å². The number of hydrogen-bond donors (Lipinski definition) is 0. The number of aryl methyl sites for hydroxylation is 2. The third-order valence-electron chi connectivity index (χ3n) is 5.00. The average molecular weight is 789 g/mol. The fourth-order valence-corrected chi connectivity index (χ4v) is 9.11. The van der Waals surface area contributed by atoms with Crippen LogP contribution < -0.4 is 4.74 Å². The number of hydrogen-bond acceptors (Lipinski definition) is 2. The van der Waals surface area contributed by atoms with E-state index in [2.05, 4.69) is 130 Å². The minimum absolute atomic E-state index is 0.256. The van der Waals surface area contributed by atoms with Gasteiger partial charge in [-0.2, -0.15) is 0 Å². The summed E-state index contributed by atoms with van der Waals surface area (Å²) in [6.07, 6.45) is 0. The number of halogens is 3. The smallest absolute Gasteiger partial charge is 0.343 e. The summed E-state index contributed by atoms with van der Waals surface area (Å²) >= 11 is 6.69. The highest BCUT2D eigenvalue weighted by Gasteiger charge is 2.29. The van der Waals surface area contributed by atoms with E-state index < -0.39 is 0 Å².